The molecule has 2 aromatic rings. The minimum Gasteiger partial charge on any atom is -0.359 e. The Morgan fingerprint density at radius 3 is 2.30 bits per heavy atom. The van der Waals surface area contributed by atoms with Gasteiger partial charge in [0.15, 0.2) is 11.7 Å². The number of nitrogens with zero attached hydrogens (tertiary/aromatic N) is 2. The molecule has 3 N–H and O–H groups in total. The van der Waals surface area contributed by atoms with Gasteiger partial charge in [-0.3, -0.25) is 4.79 Å². The van der Waals surface area contributed by atoms with Crippen molar-refractivity contribution in [1.82, 2.24) is 21.1 Å². The summed E-state index contributed by atoms with van der Waals surface area (Å²) in [5.41, 5.74) is 2.70. The van der Waals surface area contributed by atoms with Gasteiger partial charge in [-0.15, -0.1) is 24.0 Å². The molecular formula is C22H34IN5O2. The molecule has 1 heterocycles. The molecule has 0 saturated heterocycles. The summed E-state index contributed by atoms with van der Waals surface area (Å²) in [5, 5.41) is 13.5. The Balaban J connectivity index is 0.00000450. The molecule has 0 bridgehead atoms. The number of rotatable bonds is 10. The molecule has 0 aliphatic heterocycles. The normalized spacial score (nSPS) is 11.2. The molecule has 0 atom stereocenters. The van der Waals surface area contributed by atoms with Crippen molar-refractivity contribution in [3.8, 4) is 0 Å². The molecule has 0 aliphatic rings. The second-order valence-electron chi connectivity index (χ2n) is 6.84. The predicted octanol–water partition coefficient (Wildman–Crippen LogP) is 4.20. The Labute approximate surface area is 196 Å². The first-order valence-corrected chi connectivity index (χ1v) is 10.5. The Hall–Kier alpha value is -2.10. The Morgan fingerprint density at radius 1 is 1.03 bits per heavy atom. The molecule has 0 aliphatic carbocycles. The molecule has 1 aromatic heterocycles. The van der Waals surface area contributed by atoms with E-state index in [4.69, 9.17) is 4.52 Å². The summed E-state index contributed by atoms with van der Waals surface area (Å²) in [6.45, 7) is 10.7. The van der Waals surface area contributed by atoms with Crippen LogP contribution in [0.4, 0.5) is 0 Å². The third-order valence-corrected chi connectivity index (χ3v) is 4.73. The van der Waals surface area contributed by atoms with Crippen LogP contribution >= 0.6 is 24.0 Å². The molecule has 7 nitrogen and oxygen atoms in total. The number of aromatic nitrogens is 1. The molecule has 0 saturated carbocycles. The molecule has 0 unspecified atom stereocenters. The van der Waals surface area contributed by atoms with Crippen molar-refractivity contribution >= 4 is 35.8 Å². The van der Waals surface area contributed by atoms with Gasteiger partial charge in [0.1, 0.15) is 0 Å². The zero-order valence-corrected chi connectivity index (χ0v) is 20.7. The molecule has 0 radical (unpaired) electrons. The van der Waals surface area contributed by atoms with Gasteiger partial charge in [0.2, 0.25) is 0 Å². The topological polar surface area (TPSA) is 91.5 Å². The van der Waals surface area contributed by atoms with Crippen molar-refractivity contribution in [3.63, 3.8) is 0 Å². The zero-order valence-electron chi connectivity index (χ0n) is 18.3. The van der Waals surface area contributed by atoms with Crippen LogP contribution in [-0.4, -0.2) is 30.1 Å². The number of aliphatic imine (C=N–C) groups is 1. The monoisotopic (exact) mass is 527 g/mol. The number of benzene rings is 1. The second-order valence-corrected chi connectivity index (χ2v) is 6.84. The minimum atomic E-state index is -0.0580. The fourth-order valence-corrected chi connectivity index (χ4v) is 3.02. The van der Waals surface area contributed by atoms with Crippen molar-refractivity contribution < 1.29 is 9.32 Å². The fraction of sp³-hybridized carbons (Fsp3) is 0.500. The van der Waals surface area contributed by atoms with E-state index in [2.05, 4.69) is 39.9 Å². The van der Waals surface area contributed by atoms with Crippen molar-refractivity contribution in [1.29, 1.82) is 0 Å². The molecule has 8 heteroatoms. The number of guanidine groups is 1. The summed E-state index contributed by atoms with van der Waals surface area (Å²) in [6.07, 6.45) is 2.11. The molecule has 0 spiro atoms. The highest BCUT2D eigenvalue weighted by atomic mass is 127. The number of hydrogen-bond acceptors (Lipinski definition) is 4. The quantitative estimate of drug-likeness (QED) is 0.245. The van der Waals surface area contributed by atoms with Crippen LogP contribution in [-0.2, 0) is 13.1 Å². The van der Waals surface area contributed by atoms with Gasteiger partial charge in [-0.05, 0) is 44.4 Å². The standard InChI is InChI=1S/C22H33N5O2.HI/c1-5-17(6-2)20-13-19(29-27-20)15-26-22(24-8-4)25-14-16-9-11-18(12-10-16)21(28)23-7-3;/h9-13,17H,5-8,14-15H2,1-4H3,(H,23,28)(H2,24,25,26);1H. The molecule has 30 heavy (non-hydrogen) atoms. The van der Waals surface area contributed by atoms with Gasteiger partial charge in [0.05, 0.1) is 18.8 Å². The largest absolute Gasteiger partial charge is 0.359 e. The first kappa shape index (κ1) is 25.9. The summed E-state index contributed by atoms with van der Waals surface area (Å²) >= 11 is 0. The van der Waals surface area contributed by atoms with Crippen LogP contribution in [0, 0.1) is 0 Å². The lowest BCUT2D eigenvalue weighted by Crippen LogP contribution is -2.36. The fourth-order valence-electron chi connectivity index (χ4n) is 3.02. The summed E-state index contributed by atoms with van der Waals surface area (Å²) in [6, 6.07) is 9.52. The van der Waals surface area contributed by atoms with Crippen LogP contribution < -0.4 is 16.0 Å². The van der Waals surface area contributed by atoms with Gasteiger partial charge < -0.3 is 20.5 Å². The first-order valence-electron chi connectivity index (χ1n) is 10.5. The van der Waals surface area contributed by atoms with E-state index in [0.29, 0.717) is 37.1 Å². The van der Waals surface area contributed by atoms with E-state index in [1.165, 1.54) is 0 Å². The van der Waals surface area contributed by atoms with Gasteiger partial charge in [0.25, 0.3) is 5.91 Å². The lowest BCUT2D eigenvalue weighted by atomic mass is 9.99. The van der Waals surface area contributed by atoms with Gasteiger partial charge in [-0.1, -0.05) is 31.1 Å². The average Bonchev–Trinajstić information content (AvgIpc) is 3.20. The number of carbonyl (C=O) groups excluding carboxylic acids is 1. The van der Waals surface area contributed by atoms with E-state index < -0.39 is 0 Å². The number of hydrogen-bond donors (Lipinski definition) is 3. The third-order valence-electron chi connectivity index (χ3n) is 4.73. The SMILES string of the molecule is CCNC(=O)c1ccc(CN=C(NCC)NCc2cc(C(CC)CC)no2)cc1.I. The average molecular weight is 527 g/mol. The molecular weight excluding hydrogens is 493 g/mol. The van der Waals surface area contributed by atoms with Crippen molar-refractivity contribution in [2.45, 2.75) is 59.5 Å². The Kier molecular flexibility index (Phi) is 12.1. The maximum atomic E-state index is 11.8. The lowest BCUT2D eigenvalue weighted by Gasteiger charge is -2.10. The lowest BCUT2D eigenvalue weighted by molar-refractivity contribution is 0.0956. The van der Waals surface area contributed by atoms with Gasteiger partial charge in [-0.25, -0.2) is 4.99 Å². The van der Waals surface area contributed by atoms with Crippen LogP contribution in [0.3, 0.4) is 0 Å². The van der Waals surface area contributed by atoms with E-state index in [1.807, 2.05) is 44.2 Å². The Morgan fingerprint density at radius 2 is 1.70 bits per heavy atom. The highest BCUT2D eigenvalue weighted by Crippen LogP contribution is 2.22. The van der Waals surface area contributed by atoms with Gasteiger partial charge in [-0.2, -0.15) is 0 Å². The highest BCUT2D eigenvalue weighted by Gasteiger charge is 2.13. The smallest absolute Gasteiger partial charge is 0.251 e. The second kappa shape index (κ2) is 14.0. The van der Waals surface area contributed by atoms with Gasteiger partial charge in [0, 0.05) is 30.6 Å². The third kappa shape index (κ3) is 7.97. The van der Waals surface area contributed by atoms with Crippen LogP contribution in [0.2, 0.25) is 0 Å². The van der Waals surface area contributed by atoms with E-state index in [0.717, 1.165) is 36.4 Å². The maximum Gasteiger partial charge on any atom is 0.251 e. The minimum absolute atomic E-state index is 0. The van der Waals surface area contributed by atoms with Crippen LogP contribution in [0.15, 0.2) is 39.8 Å². The van der Waals surface area contributed by atoms with Crippen molar-refractivity contribution in [2.24, 2.45) is 4.99 Å². The van der Waals surface area contributed by atoms with Crippen molar-refractivity contribution in [3.05, 3.63) is 52.9 Å². The Bertz CT molecular complexity index is 785. The number of nitrogens with one attached hydrogen (secondary N) is 3. The van der Waals surface area contributed by atoms with E-state index in [9.17, 15) is 4.79 Å². The van der Waals surface area contributed by atoms with E-state index in [-0.39, 0.29) is 29.9 Å². The van der Waals surface area contributed by atoms with E-state index >= 15 is 0 Å². The molecule has 0 fully saturated rings. The molecule has 2 rings (SSSR count). The van der Waals surface area contributed by atoms with Crippen LogP contribution in [0.1, 0.15) is 73.8 Å². The van der Waals surface area contributed by atoms with Gasteiger partial charge >= 0.3 is 0 Å². The molecule has 1 amide bonds. The summed E-state index contributed by atoms with van der Waals surface area (Å²) in [4.78, 5) is 16.5. The predicted molar refractivity (Wildman–Crippen MR) is 131 cm³/mol. The first-order chi connectivity index (χ1) is 14.1. The van der Waals surface area contributed by atoms with Crippen LogP contribution in [0.5, 0.6) is 0 Å². The van der Waals surface area contributed by atoms with Crippen molar-refractivity contribution in [2.75, 3.05) is 13.1 Å². The number of amides is 1. The summed E-state index contributed by atoms with van der Waals surface area (Å²) in [5.74, 6) is 1.89. The maximum absolute atomic E-state index is 11.8. The number of carbonyl (C=O) groups is 1. The molecule has 166 valence electrons. The summed E-state index contributed by atoms with van der Waals surface area (Å²) in [7, 11) is 0. The van der Waals surface area contributed by atoms with Crippen LogP contribution in [0.25, 0.3) is 0 Å². The number of halogens is 1. The highest BCUT2D eigenvalue weighted by molar-refractivity contribution is 14.0. The summed E-state index contributed by atoms with van der Waals surface area (Å²) < 4.78 is 5.46. The molecule has 1 aromatic carbocycles. The zero-order chi connectivity index (χ0) is 21.1. The van der Waals surface area contributed by atoms with E-state index in [1.54, 1.807) is 0 Å².